The van der Waals surface area contributed by atoms with Gasteiger partial charge in [-0.2, -0.15) is 0 Å². The zero-order chi connectivity index (χ0) is 31.5. The molecule has 0 saturated heterocycles. The number of hydrogen-bond donors (Lipinski definition) is 3. The molecule has 3 aromatic rings. The highest BCUT2D eigenvalue weighted by molar-refractivity contribution is 6.00. The summed E-state index contributed by atoms with van der Waals surface area (Å²) in [6.45, 7) is 8.21. The normalized spacial score (nSPS) is 12.7. The van der Waals surface area contributed by atoms with E-state index in [2.05, 4.69) is 29.7 Å². The summed E-state index contributed by atoms with van der Waals surface area (Å²) >= 11 is 0. The molecule has 3 N–H and O–H groups in total. The summed E-state index contributed by atoms with van der Waals surface area (Å²) in [7, 11) is 3.88. The molecule has 0 aliphatic heterocycles. The van der Waals surface area contributed by atoms with Crippen molar-refractivity contribution >= 4 is 11.8 Å². The zero-order valence-corrected chi connectivity index (χ0v) is 25.8. The van der Waals surface area contributed by atoms with Crippen molar-refractivity contribution in [1.82, 2.24) is 20.4 Å². The van der Waals surface area contributed by atoms with Crippen LogP contribution in [0, 0.1) is 18.6 Å². The summed E-state index contributed by atoms with van der Waals surface area (Å²) < 4.78 is 28.0. The van der Waals surface area contributed by atoms with Gasteiger partial charge in [0.2, 0.25) is 0 Å². The third kappa shape index (κ3) is 10.5. The van der Waals surface area contributed by atoms with Gasteiger partial charge in [0, 0.05) is 49.9 Å². The number of likely N-dealkylation sites (N-methyl/N-ethyl adjacent to an activating group) is 2. The second-order valence-electron chi connectivity index (χ2n) is 11.2. The number of aliphatic hydroxyl groups is 1. The van der Waals surface area contributed by atoms with Gasteiger partial charge in [-0.05, 0) is 93.4 Å². The van der Waals surface area contributed by atoms with Gasteiger partial charge in [-0.1, -0.05) is 31.2 Å². The average Bonchev–Trinajstić information content (AvgIpc) is 2.96. The van der Waals surface area contributed by atoms with Gasteiger partial charge in [0.25, 0.3) is 11.8 Å². The summed E-state index contributed by atoms with van der Waals surface area (Å²) in [5.74, 6) is -2.14. The lowest BCUT2D eigenvalue weighted by atomic mass is 9.99. The molecule has 0 heterocycles. The standard InChI is InChI=1S/C34H44F2N4O3/c1-6-24-9-8-10-25(15-24)21-37-22-32(41)31(18-26-16-29(35)20-30(36)17-26)38-33(42)27-13-23(3)14-28(19-27)34(43)40(7-2)12-11-39(4)5/h8-10,13-17,19-20,31-32,37,41H,6-7,11-12,18,21-22H2,1-5H3,(H,38,42)/t31?,32-/m1/s1. The Balaban J connectivity index is 1.79. The quantitative estimate of drug-likeness (QED) is 0.244. The summed E-state index contributed by atoms with van der Waals surface area (Å²) in [5, 5.41) is 17.2. The van der Waals surface area contributed by atoms with E-state index in [9.17, 15) is 23.5 Å². The number of rotatable bonds is 15. The van der Waals surface area contributed by atoms with E-state index in [1.165, 1.54) is 17.7 Å². The minimum Gasteiger partial charge on any atom is -0.390 e. The lowest BCUT2D eigenvalue weighted by molar-refractivity contribution is 0.0754. The van der Waals surface area contributed by atoms with Crippen molar-refractivity contribution in [2.45, 2.75) is 52.3 Å². The van der Waals surface area contributed by atoms with E-state index in [1.807, 2.05) is 45.0 Å². The number of amides is 2. The third-order valence-electron chi connectivity index (χ3n) is 7.31. The SMILES string of the molecule is CCc1cccc(CNC[C@@H](O)C(Cc2cc(F)cc(F)c2)NC(=O)c2cc(C)cc(C(=O)N(CC)CCN(C)C)c2)c1. The molecule has 1 unspecified atom stereocenters. The maximum atomic E-state index is 14.0. The Bertz CT molecular complexity index is 1360. The Morgan fingerprint density at radius 2 is 1.56 bits per heavy atom. The molecule has 0 aromatic heterocycles. The molecule has 0 aliphatic rings. The van der Waals surface area contributed by atoms with Crippen LogP contribution >= 0.6 is 0 Å². The second kappa shape index (κ2) is 16.3. The number of nitrogens with zero attached hydrogens (tertiary/aromatic N) is 2. The van der Waals surface area contributed by atoms with Crippen LogP contribution in [0.2, 0.25) is 0 Å². The predicted octanol–water partition coefficient (Wildman–Crippen LogP) is 4.35. The molecule has 3 rings (SSSR count). The molecule has 0 saturated carbocycles. The highest BCUT2D eigenvalue weighted by Gasteiger charge is 2.24. The highest BCUT2D eigenvalue weighted by atomic mass is 19.1. The van der Waals surface area contributed by atoms with Gasteiger partial charge < -0.3 is 25.5 Å². The fraction of sp³-hybridized carbons (Fsp3) is 0.412. The number of nitrogens with one attached hydrogen (secondary N) is 2. The molecule has 232 valence electrons. The van der Waals surface area contributed by atoms with Crippen LogP contribution in [0.25, 0.3) is 0 Å². The van der Waals surface area contributed by atoms with Crippen molar-refractivity contribution < 1.29 is 23.5 Å². The Morgan fingerprint density at radius 3 is 2.21 bits per heavy atom. The van der Waals surface area contributed by atoms with Crippen LogP contribution in [-0.2, 0) is 19.4 Å². The van der Waals surface area contributed by atoms with Crippen LogP contribution in [0.15, 0.2) is 60.7 Å². The Labute approximate surface area is 253 Å². The highest BCUT2D eigenvalue weighted by Crippen LogP contribution is 2.16. The first-order valence-corrected chi connectivity index (χ1v) is 14.8. The maximum Gasteiger partial charge on any atom is 0.253 e. The van der Waals surface area contributed by atoms with Crippen molar-refractivity contribution in [3.8, 4) is 0 Å². The smallest absolute Gasteiger partial charge is 0.253 e. The average molecular weight is 595 g/mol. The van der Waals surface area contributed by atoms with Crippen LogP contribution < -0.4 is 10.6 Å². The monoisotopic (exact) mass is 594 g/mol. The van der Waals surface area contributed by atoms with Crippen LogP contribution in [0.4, 0.5) is 8.78 Å². The molecule has 7 nitrogen and oxygen atoms in total. The topological polar surface area (TPSA) is 84.9 Å². The fourth-order valence-electron chi connectivity index (χ4n) is 4.93. The van der Waals surface area contributed by atoms with E-state index in [1.54, 1.807) is 23.1 Å². The van der Waals surface area contributed by atoms with E-state index in [0.29, 0.717) is 37.3 Å². The van der Waals surface area contributed by atoms with Gasteiger partial charge in [0.05, 0.1) is 12.1 Å². The van der Waals surface area contributed by atoms with Gasteiger partial charge in [-0.25, -0.2) is 8.78 Å². The largest absolute Gasteiger partial charge is 0.390 e. The minimum absolute atomic E-state index is 0.000335. The predicted molar refractivity (Wildman–Crippen MR) is 166 cm³/mol. The molecular formula is C34H44F2N4O3. The Morgan fingerprint density at radius 1 is 0.884 bits per heavy atom. The van der Waals surface area contributed by atoms with Crippen LogP contribution in [0.1, 0.15) is 56.8 Å². The molecule has 0 aliphatic carbocycles. The van der Waals surface area contributed by atoms with E-state index in [4.69, 9.17) is 0 Å². The number of carbonyl (C=O) groups is 2. The van der Waals surface area contributed by atoms with Crippen molar-refractivity contribution in [3.63, 3.8) is 0 Å². The summed E-state index contributed by atoms with van der Waals surface area (Å²) in [5.41, 5.74) is 3.96. The molecule has 2 atom stereocenters. The van der Waals surface area contributed by atoms with Crippen molar-refractivity contribution in [2.24, 2.45) is 0 Å². The van der Waals surface area contributed by atoms with Crippen molar-refractivity contribution in [3.05, 3.63) is 106 Å². The number of benzene rings is 3. The van der Waals surface area contributed by atoms with Crippen LogP contribution in [0.5, 0.6) is 0 Å². The summed E-state index contributed by atoms with van der Waals surface area (Å²) in [6.07, 6.45) is -0.161. The Kier molecular flexibility index (Phi) is 12.8. The molecule has 9 heteroatoms. The molecule has 2 amide bonds. The Hall–Kier alpha value is -3.66. The van der Waals surface area contributed by atoms with Gasteiger partial charge in [-0.15, -0.1) is 0 Å². The van der Waals surface area contributed by atoms with E-state index >= 15 is 0 Å². The minimum atomic E-state index is -1.07. The first-order valence-electron chi connectivity index (χ1n) is 14.8. The third-order valence-corrected chi connectivity index (χ3v) is 7.31. The van der Waals surface area contributed by atoms with E-state index in [0.717, 1.165) is 23.6 Å². The van der Waals surface area contributed by atoms with Crippen LogP contribution in [0.3, 0.4) is 0 Å². The number of hydrogen-bond acceptors (Lipinski definition) is 5. The molecule has 43 heavy (non-hydrogen) atoms. The first kappa shape index (κ1) is 33.8. The van der Waals surface area contributed by atoms with Gasteiger partial charge in [0.1, 0.15) is 11.6 Å². The lowest BCUT2D eigenvalue weighted by Crippen LogP contribution is -2.48. The van der Waals surface area contributed by atoms with E-state index < -0.39 is 29.7 Å². The summed E-state index contributed by atoms with van der Waals surface area (Å²) in [4.78, 5) is 30.5. The maximum absolute atomic E-state index is 14.0. The van der Waals surface area contributed by atoms with Gasteiger partial charge in [-0.3, -0.25) is 9.59 Å². The molecule has 0 radical (unpaired) electrons. The number of halogens is 2. The number of aliphatic hydroxyl groups excluding tert-OH is 1. The first-order chi connectivity index (χ1) is 20.5. The molecule has 0 spiro atoms. The number of aryl methyl sites for hydroxylation is 2. The van der Waals surface area contributed by atoms with Crippen LogP contribution in [-0.4, -0.2) is 79.1 Å². The van der Waals surface area contributed by atoms with Gasteiger partial charge in [0.15, 0.2) is 0 Å². The fourth-order valence-corrected chi connectivity index (χ4v) is 4.93. The lowest BCUT2D eigenvalue weighted by Gasteiger charge is -2.26. The molecule has 0 fully saturated rings. The zero-order valence-electron chi connectivity index (χ0n) is 25.8. The molecule has 0 bridgehead atoms. The molecular weight excluding hydrogens is 550 g/mol. The molecule has 3 aromatic carbocycles. The van der Waals surface area contributed by atoms with Crippen molar-refractivity contribution in [1.29, 1.82) is 0 Å². The summed E-state index contributed by atoms with van der Waals surface area (Å²) in [6, 6.07) is 15.4. The number of carbonyl (C=O) groups excluding carboxylic acids is 2. The second-order valence-corrected chi connectivity index (χ2v) is 11.2. The van der Waals surface area contributed by atoms with E-state index in [-0.39, 0.29) is 24.4 Å². The van der Waals surface area contributed by atoms with Crippen molar-refractivity contribution in [2.75, 3.05) is 40.3 Å². The van der Waals surface area contributed by atoms with Gasteiger partial charge >= 0.3 is 0 Å².